The number of nitriles is 1. The van der Waals surface area contributed by atoms with Gasteiger partial charge in [0.15, 0.2) is 5.78 Å². The van der Waals surface area contributed by atoms with E-state index < -0.39 is 0 Å². The van der Waals surface area contributed by atoms with Crippen LogP contribution in [0.5, 0.6) is 0 Å². The van der Waals surface area contributed by atoms with Gasteiger partial charge < -0.3 is 5.32 Å². The molecule has 0 radical (unpaired) electrons. The van der Waals surface area contributed by atoms with Crippen LogP contribution in [0.1, 0.15) is 19.8 Å². The number of hydrogen-bond donors (Lipinski definition) is 1. The first-order chi connectivity index (χ1) is 5.74. The Hall–Kier alpha value is -1.14. The molecular weight excluding hydrogens is 152 g/mol. The Morgan fingerprint density at radius 2 is 2.50 bits per heavy atom. The quantitative estimate of drug-likeness (QED) is 0.484. The molecule has 1 heterocycles. The summed E-state index contributed by atoms with van der Waals surface area (Å²) in [6.07, 6.45) is 3.88. The second-order valence-electron chi connectivity index (χ2n) is 2.95. The van der Waals surface area contributed by atoms with Crippen LogP contribution in [0.3, 0.4) is 0 Å². The van der Waals surface area contributed by atoms with Gasteiger partial charge in [-0.05, 0) is 32.4 Å². The maximum absolute atomic E-state index is 10.8. The van der Waals surface area contributed by atoms with E-state index in [4.69, 9.17) is 5.26 Å². The van der Waals surface area contributed by atoms with Crippen molar-refractivity contribution in [3.63, 3.8) is 0 Å². The van der Waals surface area contributed by atoms with Crippen LogP contribution in [0.15, 0.2) is 11.6 Å². The van der Waals surface area contributed by atoms with Crippen LogP contribution in [-0.4, -0.2) is 18.4 Å². The molecule has 1 saturated heterocycles. The van der Waals surface area contributed by atoms with Crippen LogP contribution in [0.2, 0.25) is 0 Å². The van der Waals surface area contributed by atoms with Crippen molar-refractivity contribution < 1.29 is 4.79 Å². The molecule has 12 heavy (non-hydrogen) atoms. The summed E-state index contributed by atoms with van der Waals surface area (Å²) in [6.45, 7) is 2.40. The van der Waals surface area contributed by atoms with E-state index in [1.807, 2.05) is 6.07 Å². The molecule has 0 aromatic heterocycles. The Kier molecular flexibility index (Phi) is 3.01. The average Bonchev–Trinajstić information content (AvgIpc) is 2.51. The summed E-state index contributed by atoms with van der Waals surface area (Å²) >= 11 is 0. The normalized spacial score (nSPS) is 23.7. The van der Waals surface area contributed by atoms with Crippen molar-refractivity contribution in [1.82, 2.24) is 5.32 Å². The highest BCUT2D eigenvalue weighted by molar-refractivity contribution is 5.97. The molecule has 0 aliphatic carbocycles. The topological polar surface area (TPSA) is 52.9 Å². The van der Waals surface area contributed by atoms with Gasteiger partial charge in [-0.2, -0.15) is 5.26 Å². The molecule has 1 aliphatic heterocycles. The molecule has 64 valence electrons. The molecular formula is C9H12N2O. The number of hydrogen-bond acceptors (Lipinski definition) is 3. The average molecular weight is 164 g/mol. The Morgan fingerprint density at radius 3 is 2.92 bits per heavy atom. The van der Waals surface area contributed by atoms with Gasteiger partial charge in [-0.15, -0.1) is 0 Å². The van der Waals surface area contributed by atoms with Crippen LogP contribution in [0, 0.1) is 11.3 Å². The van der Waals surface area contributed by atoms with Gasteiger partial charge in [0.2, 0.25) is 0 Å². The van der Waals surface area contributed by atoms with Gasteiger partial charge in [0.05, 0.1) is 5.57 Å². The Bertz CT molecular complexity index is 244. The lowest BCUT2D eigenvalue weighted by Crippen LogP contribution is -2.19. The summed E-state index contributed by atoms with van der Waals surface area (Å²) in [5.74, 6) is -0.147. The van der Waals surface area contributed by atoms with Gasteiger partial charge >= 0.3 is 0 Å². The summed E-state index contributed by atoms with van der Waals surface area (Å²) in [5, 5.41) is 11.8. The number of nitrogens with zero attached hydrogens (tertiary/aromatic N) is 1. The monoisotopic (exact) mass is 164 g/mol. The Balaban J connectivity index is 2.64. The van der Waals surface area contributed by atoms with Crippen molar-refractivity contribution in [2.24, 2.45) is 0 Å². The van der Waals surface area contributed by atoms with Gasteiger partial charge in [0.25, 0.3) is 0 Å². The summed E-state index contributed by atoms with van der Waals surface area (Å²) in [6, 6.07) is 2.13. The van der Waals surface area contributed by atoms with Crippen molar-refractivity contribution >= 4 is 5.78 Å². The number of carbonyl (C=O) groups is 1. The van der Waals surface area contributed by atoms with E-state index in [9.17, 15) is 4.79 Å². The predicted molar refractivity (Wildman–Crippen MR) is 45.4 cm³/mol. The maximum atomic E-state index is 10.8. The number of allylic oxidation sites excluding steroid dienone is 1. The maximum Gasteiger partial charge on any atom is 0.170 e. The summed E-state index contributed by atoms with van der Waals surface area (Å²) in [5.41, 5.74) is 0.273. The standard InChI is InChI=1S/C9H12N2O/c1-7(12)8(6-10)5-9-3-2-4-11-9/h5,9,11H,2-4H2,1H3/b8-5+. The van der Waals surface area contributed by atoms with E-state index in [2.05, 4.69) is 5.32 Å². The first-order valence-corrected chi connectivity index (χ1v) is 4.10. The van der Waals surface area contributed by atoms with E-state index in [0.717, 1.165) is 19.4 Å². The van der Waals surface area contributed by atoms with Gasteiger partial charge in [0, 0.05) is 6.04 Å². The third kappa shape index (κ3) is 2.18. The number of nitrogens with one attached hydrogen (secondary N) is 1. The fourth-order valence-corrected chi connectivity index (χ4v) is 1.29. The predicted octanol–water partition coefficient (Wildman–Crippen LogP) is 0.777. The lowest BCUT2D eigenvalue weighted by molar-refractivity contribution is -0.113. The molecule has 0 aromatic carbocycles. The van der Waals surface area contributed by atoms with E-state index in [0.29, 0.717) is 0 Å². The summed E-state index contributed by atoms with van der Waals surface area (Å²) in [4.78, 5) is 10.8. The lowest BCUT2D eigenvalue weighted by Gasteiger charge is -2.02. The molecule has 0 bridgehead atoms. The first-order valence-electron chi connectivity index (χ1n) is 4.10. The Morgan fingerprint density at radius 1 is 1.75 bits per heavy atom. The highest BCUT2D eigenvalue weighted by Gasteiger charge is 2.13. The van der Waals surface area contributed by atoms with Crippen molar-refractivity contribution in [1.29, 1.82) is 5.26 Å². The number of ketones is 1. The SMILES string of the molecule is CC(=O)/C(C#N)=C/C1CCCN1. The highest BCUT2D eigenvalue weighted by atomic mass is 16.1. The summed E-state index contributed by atoms with van der Waals surface area (Å²) < 4.78 is 0. The van der Waals surface area contributed by atoms with Gasteiger partial charge in [-0.25, -0.2) is 0 Å². The molecule has 0 saturated carbocycles. The van der Waals surface area contributed by atoms with Crippen LogP contribution in [0.25, 0.3) is 0 Å². The summed E-state index contributed by atoms with van der Waals surface area (Å²) in [7, 11) is 0. The third-order valence-corrected chi connectivity index (χ3v) is 1.97. The van der Waals surface area contributed by atoms with Crippen molar-refractivity contribution in [2.45, 2.75) is 25.8 Å². The molecule has 0 amide bonds. The lowest BCUT2D eigenvalue weighted by atomic mass is 10.1. The van der Waals surface area contributed by atoms with E-state index in [1.165, 1.54) is 6.92 Å². The molecule has 1 aliphatic rings. The molecule has 1 unspecified atom stereocenters. The third-order valence-electron chi connectivity index (χ3n) is 1.97. The minimum Gasteiger partial charge on any atom is -0.310 e. The zero-order valence-electron chi connectivity index (χ0n) is 7.13. The molecule has 0 aromatic rings. The van der Waals surface area contributed by atoms with E-state index in [-0.39, 0.29) is 17.4 Å². The van der Waals surface area contributed by atoms with Gasteiger partial charge in [-0.1, -0.05) is 0 Å². The molecule has 1 atom stereocenters. The van der Waals surface area contributed by atoms with Gasteiger partial charge in [-0.3, -0.25) is 4.79 Å². The highest BCUT2D eigenvalue weighted by Crippen LogP contribution is 2.08. The molecule has 1 fully saturated rings. The van der Waals surface area contributed by atoms with Crippen molar-refractivity contribution in [3.8, 4) is 6.07 Å². The van der Waals surface area contributed by atoms with Crippen LogP contribution in [0.4, 0.5) is 0 Å². The van der Waals surface area contributed by atoms with Crippen LogP contribution >= 0.6 is 0 Å². The first kappa shape index (κ1) is 8.95. The van der Waals surface area contributed by atoms with Gasteiger partial charge in [0.1, 0.15) is 6.07 Å². The number of Topliss-reactive ketones (excluding diaryl/α,β-unsaturated/α-hetero) is 1. The molecule has 3 heteroatoms. The zero-order chi connectivity index (χ0) is 8.97. The minimum atomic E-state index is -0.147. The fourth-order valence-electron chi connectivity index (χ4n) is 1.29. The minimum absolute atomic E-state index is 0.147. The van der Waals surface area contributed by atoms with E-state index >= 15 is 0 Å². The van der Waals surface area contributed by atoms with Crippen LogP contribution < -0.4 is 5.32 Å². The molecule has 0 spiro atoms. The molecule has 1 N–H and O–H groups in total. The fraction of sp³-hybridized carbons (Fsp3) is 0.556. The molecule has 1 rings (SSSR count). The smallest absolute Gasteiger partial charge is 0.170 e. The second kappa shape index (κ2) is 4.03. The largest absolute Gasteiger partial charge is 0.310 e. The van der Waals surface area contributed by atoms with Crippen molar-refractivity contribution in [3.05, 3.63) is 11.6 Å². The second-order valence-corrected chi connectivity index (χ2v) is 2.95. The number of rotatable bonds is 2. The number of carbonyl (C=O) groups excluding carboxylic acids is 1. The Labute approximate surface area is 72.1 Å². The zero-order valence-corrected chi connectivity index (χ0v) is 7.13. The van der Waals surface area contributed by atoms with Crippen molar-refractivity contribution in [2.75, 3.05) is 6.54 Å². The van der Waals surface area contributed by atoms with E-state index in [1.54, 1.807) is 6.08 Å². The molecule has 3 nitrogen and oxygen atoms in total. The van der Waals surface area contributed by atoms with Crippen LogP contribution in [-0.2, 0) is 4.79 Å².